The molecule has 0 amide bonds. The van der Waals surface area contributed by atoms with Crippen molar-refractivity contribution in [3.63, 3.8) is 0 Å². The average molecular weight is 251 g/mol. The molecular weight excluding hydrogens is 244 g/mol. The van der Waals surface area contributed by atoms with Crippen molar-refractivity contribution in [3.8, 4) is 11.3 Å². The third-order valence-electron chi connectivity index (χ3n) is 2.23. The van der Waals surface area contributed by atoms with E-state index in [0.717, 1.165) is 0 Å². The molecule has 0 saturated heterocycles. The highest BCUT2D eigenvalue weighted by Crippen LogP contribution is 2.26. The zero-order valence-corrected chi connectivity index (χ0v) is 9.27. The van der Waals surface area contributed by atoms with Crippen molar-refractivity contribution in [2.75, 3.05) is 0 Å². The van der Waals surface area contributed by atoms with E-state index in [1.54, 1.807) is 24.3 Å². The summed E-state index contributed by atoms with van der Waals surface area (Å²) >= 11 is 5.73. The maximum Gasteiger partial charge on any atom is 0.339 e. The third-order valence-corrected chi connectivity index (χ3v) is 2.48. The molecule has 1 N–H and O–H groups in total. The molecule has 2 rings (SSSR count). The molecule has 0 aliphatic carbocycles. The van der Waals surface area contributed by atoms with Crippen molar-refractivity contribution >= 4 is 23.9 Å². The summed E-state index contributed by atoms with van der Waals surface area (Å²) in [4.78, 5) is 21.5. The first-order valence-electron chi connectivity index (χ1n) is 4.70. The van der Waals surface area contributed by atoms with Gasteiger partial charge in [0, 0.05) is 10.6 Å². The molecule has 5 heteroatoms. The molecule has 17 heavy (non-hydrogen) atoms. The second-order valence-electron chi connectivity index (χ2n) is 3.32. The lowest BCUT2D eigenvalue weighted by molar-refractivity contribution is 0.0692. The van der Waals surface area contributed by atoms with Crippen LogP contribution in [0.3, 0.4) is 0 Å². The van der Waals surface area contributed by atoms with E-state index in [2.05, 4.69) is 0 Å². The normalized spacial score (nSPS) is 10.2. The molecule has 0 unspecified atom stereocenters. The summed E-state index contributed by atoms with van der Waals surface area (Å²) in [5, 5.41) is 9.43. The largest absolute Gasteiger partial charge is 0.478 e. The van der Waals surface area contributed by atoms with Crippen molar-refractivity contribution in [2.45, 2.75) is 0 Å². The fraction of sp³-hybridized carbons (Fsp3) is 0. The van der Waals surface area contributed by atoms with E-state index in [4.69, 9.17) is 21.1 Å². The molecule has 0 aliphatic rings. The first kappa shape index (κ1) is 11.4. The van der Waals surface area contributed by atoms with Crippen molar-refractivity contribution in [2.24, 2.45) is 0 Å². The van der Waals surface area contributed by atoms with Crippen LogP contribution in [0.25, 0.3) is 11.3 Å². The molecule has 0 spiro atoms. The minimum atomic E-state index is -1.20. The molecule has 0 bridgehead atoms. The Kier molecular flexibility index (Phi) is 2.97. The number of aromatic carboxylic acids is 1. The zero-order chi connectivity index (χ0) is 12.4. The number of aldehydes is 1. The number of rotatable bonds is 3. The Morgan fingerprint density at radius 1 is 1.29 bits per heavy atom. The minimum absolute atomic E-state index is 0.148. The van der Waals surface area contributed by atoms with Gasteiger partial charge in [0.15, 0.2) is 12.0 Å². The molecule has 4 nitrogen and oxygen atoms in total. The summed E-state index contributed by atoms with van der Waals surface area (Å²) in [6.07, 6.45) is 0.378. The Morgan fingerprint density at radius 2 is 1.94 bits per heavy atom. The molecule has 0 fully saturated rings. The predicted molar refractivity (Wildman–Crippen MR) is 61.5 cm³/mol. The van der Waals surface area contributed by atoms with Gasteiger partial charge in [-0.05, 0) is 30.3 Å². The maximum atomic E-state index is 10.8. The van der Waals surface area contributed by atoms with Gasteiger partial charge in [0.05, 0.1) is 0 Å². The van der Waals surface area contributed by atoms with Crippen LogP contribution >= 0.6 is 11.6 Å². The number of furan rings is 1. The number of hydrogen-bond acceptors (Lipinski definition) is 3. The van der Waals surface area contributed by atoms with E-state index in [1.165, 1.54) is 6.07 Å². The predicted octanol–water partition coefficient (Wildman–Crippen LogP) is 3.11. The Labute approximate surface area is 101 Å². The number of carbonyl (C=O) groups excluding carboxylic acids is 1. The Balaban J connectivity index is 2.50. The maximum absolute atomic E-state index is 10.8. The summed E-state index contributed by atoms with van der Waals surface area (Å²) in [6, 6.07) is 7.99. The first-order chi connectivity index (χ1) is 8.11. The third kappa shape index (κ3) is 2.21. The first-order valence-corrected chi connectivity index (χ1v) is 5.08. The Morgan fingerprint density at radius 3 is 2.41 bits per heavy atom. The molecule has 0 atom stereocenters. The van der Waals surface area contributed by atoms with E-state index in [1.807, 2.05) is 0 Å². The fourth-order valence-corrected chi connectivity index (χ4v) is 1.54. The number of benzene rings is 1. The van der Waals surface area contributed by atoms with E-state index in [-0.39, 0.29) is 11.3 Å². The minimum Gasteiger partial charge on any atom is -0.478 e. The second-order valence-corrected chi connectivity index (χ2v) is 3.75. The van der Waals surface area contributed by atoms with Crippen molar-refractivity contribution < 1.29 is 19.1 Å². The SMILES string of the molecule is O=Cc1oc(-c2ccc(Cl)cc2)cc1C(=O)O. The van der Waals surface area contributed by atoms with E-state index >= 15 is 0 Å². The van der Waals surface area contributed by atoms with Gasteiger partial charge in [-0.25, -0.2) is 4.79 Å². The van der Waals surface area contributed by atoms with Gasteiger partial charge in [0.25, 0.3) is 0 Å². The summed E-state index contributed by atoms with van der Waals surface area (Å²) in [6.45, 7) is 0. The highest BCUT2D eigenvalue weighted by atomic mass is 35.5. The standard InChI is InChI=1S/C12H7ClO4/c13-8-3-1-7(2-4-8)10-5-9(12(15)16)11(6-14)17-10/h1-6H,(H,15,16). The lowest BCUT2D eigenvalue weighted by Gasteiger charge is -1.95. The molecule has 0 aliphatic heterocycles. The zero-order valence-electron chi connectivity index (χ0n) is 8.51. The van der Waals surface area contributed by atoms with Gasteiger partial charge in [0.2, 0.25) is 0 Å². The van der Waals surface area contributed by atoms with Crippen LogP contribution in [0.4, 0.5) is 0 Å². The van der Waals surface area contributed by atoms with Crippen LogP contribution in [-0.4, -0.2) is 17.4 Å². The number of carbonyl (C=O) groups is 2. The second kappa shape index (κ2) is 4.43. The quantitative estimate of drug-likeness (QED) is 0.850. The van der Waals surface area contributed by atoms with Crippen LogP contribution in [0.1, 0.15) is 20.9 Å². The smallest absolute Gasteiger partial charge is 0.339 e. The summed E-state index contributed by atoms with van der Waals surface area (Å²) in [5.41, 5.74) is 0.509. The van der Waals surface area contributed by atoms with Crippen molar-refractivity contribution in [1.82, 2.24) is 0 Å². The Hall–Kier alpha value is -2.07. The summed E-state index contributed by atoms with van der Waals surface area (Å²) < 4.78 is 5.16. The summed E-state index contributed by atoms with van der Waals surface area (Å²) in [7, 11) is 0. The summed E-state index contributed by atoms with van der Waals surface area (Å²) in [5.74, 6) is -1.07. The molecule has 1 aromatic heterocycles. The van der Waals surface area contributed by atoms with Gasteiger partial charge in [-0.1, -0.05) is 11.6 Å². The Bertz CT molecular complexity index is 569. The van der Waals surface area contributed by atoms with Crippen LogP contribution in [0.2, 0.25) is 5.02 Å². The molecule has 86 valence electrons. The molecule has 1 heterocycles. The van der Waals surface area contributed by atoms with E-state index < -0.39 is 5.97 Å². The molecule has 1 aromatic carbocycles. The fourth-order valence-electron chi connectivity index (χ4n) is 1.42. The van der Waals surface area contributed by atoms with Gasteiger partial charge < -0.3 is 9.52 Å². The van der Waals surface area contributed by atoms with Gasteiger partial charge >= 0.3 is 5.97 Å². The number of carboxylic acid groups (broad SMARTS) is 1. The molecule has 0 saturated carbocycles. The highest BCUT2D eigenvalue weighted by molar-refractivity contribution is 6.30. The lowest BCUT2D eigenvalue weighted by Crippen LogP contribution is -1.97. The van der Waals surface area contributed by atoms with Crippen LogP contribution < -0.4 is 0 Å². The monoisotopic (exact) mass is 250 g/mol. The number of carboxylic acids is 1. The van der Waals surface area contributed by atoms with Crippen LogP contribution in [0, 0.1) is 0 Å². The van der Waals surface area contributed by atoms with Gasteiger partial charge in [-0.3, -0.25) is 4.79 Å². The number of hydrogen-bond donors (Lipinski definition) is 1. The molecule has 0 radical (unpaired) electrons. The van der Waals surface area contributed by atoms with Gasteiger partial charge in [-0.15, -0.1) is 0 Å². The highest BCUT2D eigenvalue weighted by Gasteiger charge is 2.17. The topological polar surface area (TPSA) is 67.5 Å². The molecular formula is C12H7ClO4. The van der Waals surface area contributed by atoms with Gasteiger partial charge in [-0.2, -0.15) is 0 Å². The van der Waals surface area contributed by atoms with Crippen LogP contribution in [0.15, 0.2) is 34.7 Å². The van der Waals surface area contributed by atoms with E-state index in [9.17, 15) is 9.59 Å². The van der Waals surface area contributed by atoms with E-state index in [0.29, 0.717) is 22.6 Å². The lowest BCUT2D eigenvalue weighted by atomic mass is 10.1. The van der Waals surface area contributed by atoms with Crippen LogP contribution in [-0.2, 0) is 0 Å². The van der Waals surface area contributed by atoms with Crippen molar-refractivity contribution in [1.29, 1.82) is 0 Å². The average Bonchev–Trinajstić information content (AvgIpc) is 2.74. The number of halogens is 1. The van der Waals surface area contributed by atoms with Crippen LogP contribution in [0.5, 0.6) is 0 Å². The van der Waals surface area contributed by atoms with Crippen molar-refractivity contribution in [3.05, 3.63) is 46.7 Å². The van der Waals surface area contributed by atoms with Gasteiger partial charge in [0.1, 0.15) is 11.3 Å². The molecule has 2 aromatic rings.